The Labute approximate surface area is 114 Å². The van der Waals surface area contributed by atoms with Gasteiger partial charge in [0.1, 0.15) is 5.75 Å². The Hall–Kier alpha value is -0.870. The molecule has 0 heterocycles. The van der Waals surface area contributed by atoms with Crippen LogP contribution in [0.25, 0.3) is 0 Å². The number of thiol groups is 1. The maximum atomic E-state index is 10.1. The summed E-state index contributed by atoms with van der Waals surface area (Å²) in [7, 11) is 0. The summed E-state index contributed by atoms with van der Waals surface area (Å²) in [5, 5.41) is 10.1. The lowest BCUT2D eigenvalue weighted by Crippen LogP contribution is -2.29. The largest absolute Gasteiger partial charge is 0.465 e. The fourth-order valence-electron chi connectivity index (χ4n) is 2.41. The maximum absolute atomic E-state index is 10.1. The number of nitrogen functional groups attached to an aromatic ring is 1. The number of hydrogen-bond donors (Lipinski definition) is 3. The van der Waals surface area contributed by atoms with E-state index in [-0.39, 0.29) is 5.92 Å². The third kappa shape index (κ3) is 3.33. The second kappa shape index (κ2) is 5.85. The molecule has 0 spiro atoms. The first kappa shape index (κ1) is 13.6. The van der Waals surface area contributed by atoms with Crippen LogP contribution in [0.3, 0.4) is 0 Å². The van der Waals surface area contributed by atoms with E-state index in [1.54, 1.807) is 18.2 Å². The molecule has 0 amide bonds. The van der Waals surface area contributed by atoms with E-state index in [4.69, 9.17) is 10.5 Å². The Bertz CT molecular complexity index is 403. The molecule has 1 atom stereocenters. The molecule has 1 fully saturated rings. The lowest BCUT2D eigenvalue weighted by atomic mass is 9.83. The van der Waals surface area contributed by atoms with Crippen LogP contribution >= 0.6 is 12.6 Å². The van der Waals surface area contributed by atoms with Gasteiger partial charge in [0.2, 0.25) is 0 Å². The Morgan fingerprint density at radius 2 is 2.00 bits per heavy atom. The van der Waals surface area contributed by atoms with Crippen molar-refractivity contribution >= 4 is 18.3 Å². The van der Waals surface area contributed by atoms with Crippen LogP contribution in [-0.4, -0.2) is 11.4 Å². The van der Waals surface area contributed by atoms with Gasteiger partial charge in [0, 0.05) is 22.6 Å². The summed E-state index contributed by atoms with van der Waals surface area (Å²) in [5.41, 5.74) is 6.32. The molecule has 1 unspecified atom stereocenters. The summed E-state index contributed by atoms with van der Waals surface area (Å²) in [6.45, 7) is 2.26. The van der Waals surface area contributed by atoms with Crippen LogP contribution in [0.5, 0.6) is 5.75 Å². The minimum Gasteiger partial charge on any atom is -0.465 e. The van der Waals surface area contributed by atoms with Crippen LogP contribution in [0.2, 0.25) is 0 Å². The molecule has 1 aliphatic rings. The van der Waals surface area contributed by atoms with E-state index in [2.05, 4.69) is 19.6 Å². The van der Waals surface area contributed by atoms with Crippen molar-refractivity contribution in [2.45, 2.75) is 43.8 Å². The molecular formula is C14H21NO2S. The van der Waals surface area contributed by atoms with Crippen LogP contribution in [-0.2, 0) is 0 Å². The van der Waals surface area contributed by atoms with Gasteiger partial charge >= 0.3 is 0 Å². The lowest BCUT2D eigenvalue weighted by Gasteiger charge is -2.29. The Balaban J connectivity index is 1.94. The van der Waals surface area contributed by atoms with E-state index < -0.39 is 6.29 Å². The molecule has 2 rings (SSSR count). The molecule has 4 heteroatoms. The average molecular weight is 267 g/mol. The third-order valence-corrected chi connectivity index (χ3v) is 4.13. The molecule has 1 aromatic carbocycles. The molecule has 0 saturated heterocycles. The molecule has 3 nitrogen and oxygen atoms in total. The zero-order valence-electron chi connectivity index (χ0n) is 10.7. The van der Waals surface area contributed by atoms with Gasteiger partial charge in [-0.15, -0.1) is 12.6 Å². The van der Waals surface area contributed by atoms with Crippen molar-refractivity contribution in [3.8, 4) is 5.75 Å². The van der Waals surface area contributed by atoms with E-state index in [1.807, 2.05) is 0 Å². The number of anilines is 1. The molecule has 18 heavy (non-hydrogen) atoms. The highest BCUT2D eigenvalue weighted by molar-refractivity contribution is 7.80. The van der Waals surface area contributed by atoms with Crippen molar-refractivity contribution in [2.24, 2.45) is 11.8 Å². The number of ether oxygens (including phenoxy) is 1. The second-order valence-corrected chi connectivity index (χ2v) is 5.73. The van der Waals surface area contributed by atoms with E-state index in [1.165, 1.54) is 12.8 Å². The molecule has 3 N–H and O–H groups in total. The fraction of sp³-hybridized carbons (Fsp3) is 0.571. The first-order chi connectivity index (χ1) is 8.56. The second-order valence-electron chi connectivity index (χ2n) is 5.25. The van der Waals surface area contributed by atoms with E-state index in [0.29, 0.717) is 11.4 Å². The molecule has 1 aromatic rings. The molecule has 1 saturated carbocycles. The van der Waals surface area contributed by atoms with Crippen LogP contribution < -0.4 is 10.5 Å². The molecule has 0 aliphatic heterocycles. The summed E-state index contributed by atoms with van der Waals surface area (Å²) in [4.78, 5) is 0.725. The predicted octanol–water partition coefficient (Wildman–Crippen LogP) is 3.08. The number of hydrogen-bond acceptors (Lipinski definition) is 4. The number of benzene rings is 1. The summed E-state index contributed by atoms with van der Waals surface area (Å²) in [5.74, 6) is 1.61. The van der Waals surface area contributed by atoms with Crippen molar-refractivity contribution in [3.05, 3.63) is 18.2 Å². The normalized spacial score (nSPS) is 25.7. The zero-order valence-corrected chi connectivity index (χ0v) is 11.6. The smallest absolute Gasteiger partial charge is 0.200 e. The van der Waals surface area contributed by atoms with Gasteiger partial charge in [-0.1, -0.05) is 19.8 Å². The van der Waals surface area contributed by atoms with E-state index >= 15 is 0 Å². The first-order valence-corrected chi connectivity index (χ1v) is 6.94. The standard InChI is InChI=1S/C14H21NO2S/c1-9-2-4-10(5-3-9)14(16)17-11-6-7-13(18)12(15)8-11/h6-10,14,16,18H,2-5,15H2,1H3. The van der Waals surface area contributed by atoms with Crippen molar-refractivity contribution in [1.29, 1.82) is 0 Å². The predicted molar refractivity (Wildman–Crippen MR) is 75.9 cm³/mol. The highest BCUT2D eigenvalue weighted by Gasteiger charge is 2.25. The van der Waals surface area contributed by atoms with E-state index in [0.717, 1.165) is 23.7 Å². The summed E-state index contributed by atoms with van der Waals surface area (Å²) < 4.78 is 5.57. The Morgan fingerprint density at radius 1 is 1.33 bits per heavy atom. The summed E-state index contributed by atoms with van der Waals surface area (Å²) in [6, 6.07) is 5.27. The van der Waals surface area contributed by atoms with Gasteiger partial charge in [-0.25, -0.2) is 0 Å². The molecular weight excluding hydrogens is 246 g/mol. The molecule has 0 radical (unpaired) electrons. The summed E-state index contributed by atoms with van der Waals surface area (Å²) in [6.07, 6.45) is 3.67. The highest BCUT2D eigenvalue weighted by atomic mass is 32.1. The highest BCUT2D eigenvalue weighted by Crippen LogP contribution is 2.32. The zero-order chi connectivity index (χ0) is 13.1. The first-order valence-electron chi connectivity index (χ1n) is 6.49. The van der Waals surface area contributed by atoms with Crippen LogP contribution in [0.15, 0.2) is 23.1 Å². The van der Waals surface area contributed by atoms with Gasteiger partial charge in [0.15, 0.2) is 6.29 Å². The number of nitrogens with two attached hydrogens (primary N) is 1. The molecule has 1 aliphatic carbocycles. The van der Waals surface area contributed by atoms with Crippen molar-refractivity contribution in [3.63, 3.8) is 0 Å². The number of aliphatic hydroxyl groups is 1. The molecule has 100 valence electrons. The van der Waals surface area contributed by atoms with Crippen LogP contribution in [0.1, 0.15) is 32.6 Å². The maximum Gasteiger partial charge on any atom is 0.200 e. The van der Waals surface area contributed by atoms with Crippen LogP contribution in [0, 0.1) is 11.8 Å². The summed E-state index contributed by atoms with van der Waals surface area (Å²) >= 11 is 4.20. The van der Waals surface area contributed by atoms with Gasteiger partial charge in [-0.05, 0) is 30.9 Å². The number of rotatable bonds is 3. The van der Waals surface area contributed by atoms with E-state index in [9.17, 15) is 5.11 Å². The third-order valence-electron chi connectivity index (χ3n) is 3.72. The van der Waals surface area contributed by atoms with Crippen LogP contribution in [0.4, 0.5) is 5.69 Å². The monoisotopic (exact) mass is 267 g/mol. The Morgan fingerprint density at radius 3 is 2.61 bits per heavy atom. The lowest BCUT2D eigenvalue weighted by molar-refractivity contribution is -0.0752. The Kier molecular flexibility index (Phi) is 4.40. The van der Waals surface area contributed by atoms with Crippen molar-refractivity contribution in [2.75, 3.05) is 5.73 Å². The van der Waals surface area contributed by atoms with Gasteiger partial charge in [-0.3, -0.25) is 0 Å². The minimum atomic E-state index is -0.734. The van der Waals surface area contributed by atoms with Crippen molar-refractivity contribution in [1.82, 2.24) is 0 Å². The van der Waals surface area contributed by atoms with Gasteiger partial charge < -0.3 is 15.6 Å². The minimum absolute atomic E-state index is 0.234. The average Bonchev–Trinajstić information content (AvgIpc) is 2.34. The van der Waals surface area contributed by atoms with Gasteiger partial charge in [0.25, 0.3) is 0 Å². The topological polar surface area (TPSA) is 55.5 Å². The molecule has 0 bridgehead atoms. The van der Waals surface area contributed by atoms with Crippen molar-refractivity contribution < 1.29 is 9.84 Å². The number of aliphatic hydroxyl groups excluding tert-OH is 1. The quantitative estimate of drug-likeness (QED) is 0.448. The van der Waals surface area contributed by atoms with Gasteiger partial charge in [0.05, 0.1) is 0 Å². The fourth-order valence-corrected chi connectivity index (χ4v) is 2.55. The van der Waals surface area contributed by atoms with Gasteiger partial charge in [-0.2, -0.15) is 0 Å². The molecule has 0 aromatic heterocycles. The SMILES string of the molecule is CC1CCC(C(O)Oc2ccc(S)c(N)c2)CC1.